The van der Waals surface area contributed by atoms with Gasteiger partial charge < -0.3 is 9.73 Å². The van der Waals surface area contributed by atoms with Crippen LogP contribution in [0, 0.1) is 0 Å². The first kappa shape index (κ1) is 15.8. The Morgan fingerprint density at radius 2 is 2.00 bits per heavy atom. The Balaban J connectivity index is 1.45. The maximum Gasteiger partial charge on any atom is 0.255 e. The van der Waals surface area contributed by atoms with E-state index in [1.54, 1.807) is 29.3 Å². The predicted octanol–water partition coefficient (Wildman–Crippen LogP) is 3.23. The molecule has 0 radical (unpaired) electrons. The number of nitrogens with one attached hydrogen (secondary N) is 1. The Kier molecular flexibility index (Phi) is 4.26. The molecule has 2 aromatic heterocycles. The fourth-order valence-electron chi connectivity index (χ4n) is 2.57. The topological polar surface area (TPSA) is 85.8 Å². The molecule has 7 nitrogen and oxygen atoms in total. The summed E-state index contributed by atoms with van der Waals surface area (Å²) >= 11 is 0. The molecular weight excluding hydrogens is 330 g/mol. The molecule has 0 fully saturated rings. The highest BCUT2D eigenvalue weighted by Crippen LogP contribution is 2.22. The van der Waals surface area contributed by atoms with E-state index in [4.69, 9.17) is 4.42 Å². The van der Waals surface area contributed by atoms with Crippen LogP contribution in [0.15, 0.2) is 78.2 Å². The summed E-state index contributed by atoms with van der Waals surface area (Å²) < 4.78 is 7.01. The molecule has 4 rings (SSSR count). The fraction of sp³-hybridized carbons (Fsp3) is 0.0526. The molecule has 2 aromatic carbocycles. The SMILES string of the molecule is O=C(Nc1cccc(-c2cnco2)c1)c1ccc(Cn2cncn2)cc1. The molecule has 0 aliphatic heterocycles. The number of hydrogen-bond acceptors (Lipinski definition) is 5. The summed E-state index contributed by atoms with van der Waals surface area (Å²) in [6, 6.07) is 14.8. The second kappa shape index (κ2) is 7.02. The van der Waals surface area contributed by atoms with Gasteiger partial charge in [0.2, 0.25) is 0 Å². The fourth-order valence-corrected chi connectivity index (χ4v) is 2.57. The van der Waals surface area contributed by atoms with Crippen molar-refractivity contribution < 1.29 is 9.21 Å². The van der Waals surface area contributed by atoms with Gasteiger partial charge in [-0.25, -0.2) is 14.6 Å². The van der Waals surface area contributed by atoms with E-state index >= 15 is 0 Å². The third-order valence-corrected chi connectivity index (χ3v) is 3.86. The van der Waals surface area contributed by atoms with Crippen LogP contribution in [0.4, 0.5) is 5.69 Å². The van der Waals surface area contributed by atoms with Crippen LogP contribution < -0.4 is 5.32 Å². The molecule has 0 atom stereocenters. The lowest BCUT2D eigenvalue weighted by molar-refractivity contribution is 0.102. The molecule has 2 heterocycles. The number of anilines is 1. The summed E-state index contributed by atoms with van der Waals surface area (Å²) in [5, 5.41) is 6.97. The molecule has 1 amide bonds. The van der Waals surface area contributed by atoms with Crippen molar-refractivity contribution in [1.82, 2.24) is 19.7 Å². The second-order valence-corrected chi connectivity index (χ2v) is 5.69. The molecular formula is C19H15N5O2. The Hall–Kier alpha value is -3.74. The number of carbonyl (C=O) groups excluding carboxylic acids is 1. The zero-order valence-electron chi connectivity index (χ0n) is 13.7. The maximum atomic E-state index is 12.5. The minimum Gasteiger partial charge on any atom is -0.444 e. The van der Waals surface area contributed by atoms with Crippen LogP contribution in [-0.4, -0.2) is 25.7 Å². The van der Waals surface area contributed by atoms with Gasteiger partial charge in [-0.1, -0.05) is 24.3 Å². The van der Waals surface area contributed by atoms with Crippen molar-refractivity contribution in [3.63, 3.8) is 0 Å². The van der Waals surface area contributed by atoms with Crippen molar-refractivity contribution in [2.24, 2.45) is 0 Å². The minimum atomic E-state index is -0.174. The van der Waals surface area contributed by atoms with Gasteiger partial charge in [0.1, 0.15) is 12.7 Å². The smallest absolute Gasteiger partial charge is 0.255 e. The number of rotatable bonds is 5. The summed E-state index contributed by atoms with van der Waals surface area (Å²) in [7, 11) is 0. The Morgan fingerprint density at radius 1 is 1.12 bits per heavy atom. The van der Waals surface area contributed by atoms with Crippen molar-refractivity contribution in [3.8, 4) is 11.3 Å². The van der Waals surface area contributed by atoms with E-state index < -0.39 is 0 Å². The predicted molar refractivity (Wildman–Crippen MR) is 95.5 cm³/mol. The lowest BCUT2D eigenvalue weighted by atomic mass is 10.1. The van der Waals surface area contributed by atoms with Gasteiger partial charge in [0, 0.05) is 16.8 Å². The van der Waals surface area contributed by atoms with Crippen molar-refractivity contribution >= 4 is 11.6 Å². The van der Waals surface area contributed by atoms with Gasteiger partial charge in [-0.2, -0.15) is 5.10 Å². The van der Waals surface area contributed by atoms with E-state index in [0.717, 1.165) is 11.1 Å². The molecule has 0 spiro atoms. The van der Waals surface area contributed by atoms with E-state index in [1.165, 1.54) is 12.7 Å². The largest absolute Gasteiger partial charge is 0.444 e. The van der Waals surface area contributed by atoms with Gasteiger partial charge in [-0.05, 0) is 29.8 Å². The van der Waals surface area contributed by atoms with Crippen LogP contribution in [0.5, 0.6) is 0 Å². The van der Waals surface area contributed by atoms with Crippen LogP contribution >= 0.6 is 0 Å². The Labute approximate surface area is 149 Å². The second-order valence-electron chi connectivity index (χ2n) is 5.69. The Bertz CT molecular complexity index is 993. The van der Waals surface area contributed by atoms with E-state index in [-0.39, 0.29) is 5.91 Å². The van der Waals surface area contributed by atoms with E-state index in [2.05, 4.69) is 20.4 Å². The normalized spacial score (nSPS) is 10.6. The number of amides is 1. The number of carbonyl (C=O) groups is 1. The van der Waals surface area contributed by atoms with E-state index in [9.17, 15) is 4.79 Å². The zero-order chi connectivity index (χ0) is 17.8. The summed E-state index contributed by atoms with van der Waals surface area (Å²) in [6.45, 7) is 0.612. The molecule has 0 saturated heterocycles. The van der Waals surface area contributed by atoms with Gasteiger partial charge in [0.05, 0.1) is 12.7 Å². The van der Waals surface area contributed by atoms with Gasteiger partial charge >= 0.3 is 0 Å². The summed E-state index contributed by atoms with van der Waals surface area (Å²) in [5.41, 5.74) is 3.16. The highest BCUT2D eigenvalue weighted by atomic mass is 16.3. The summed E-state index contributed by atoms with van der Waals surface area (Å²) in [6.07, 6.45) is 6.16. The molecule has 1 N–H and O–H groups in total. The Morgan fingerprint density at radius 3 is 2.73 bits per heavy atom. The van der Waals surface area contributed by atoms with Crippen molar-refractivity contribution in [2.45, 2.75) is 6.54 Å². The number of benzene rings is 2. The van der Waals surface area contributed by atoms with Crippen LogP contribution in [0.3, 0.4) is 0 Å². The number of aromatic nitrogens is 4. The monoisotopic (exact) mass is 345 g/mol. The maximum absolute atomic E-state index is 12.5. The van der Waals surface area contributed by atoms with Gasteiger partial charge in [-0.3, -0.25) is 4.79 Å². The van der Waals surface area contributed by atoms with E-state index in [0.29, 0.717) is 23.6 Å². The van der Waals surface area contributed by atoms with Crippen molar-refractivity contribution in [3.05, 3.63) is 84.9 Å². The van der Waals surface area contributed by atoms with Crippen LogP contribution in [0.1, 0.15) is 15.9 Å². The average Bonchev–Trinajstić information content (AvgIpc) is 3.37. The lowest BCUT2D eigenvalue weighted by Gasteiger charge is -2.07. The molecule has 128 valence electrons. The van der Waals surface area contributed by atoms with Crippen LogP contribution in [0.25, 0.3) is 11.3 Å². The molecule has 0 aliphatic carbocycles. The molecule has 4 aromatic rings. The van der Waals surface area contributed by atoms with Gasteiger partial charge in [-0.15, -0.1) is 0 Å². The molecule has 0 unspecified atom stereocenters. The standard InChI is InChI=1S/C19H15N5O2/c25-19(15-6-4-14(5-7-15)10-24-12-21-11-22-24)23-17-3-1-2-16(8-17)18-9-20-13-26-18/h1-9,11-13H,10H2,(H,23,25). The summed E-state index contributed by atoms with van der Waals surface area (Å²) in [5.74, 6) is 0.477. The van der Waals surface area contributed by atoms with Crippen LogP contribution in [0.2, 0.25) is 0 Å². The first-order chi connectivity index (χ1) is 12.8. The third kappa shape index (κ3) is 3.51. The molecule has 0 aliphatic rings. The molecule has 26 heavy (non-hydrogen) atoms. The first-order valence-electron chi connectivity index (χ1n) is 7.99. The minimum absolute atomic E-state index is 0.174. The van der Waals surface area contributed by atoms with Gasteiger partial charge in [0.15, 0.2) is 12.2 Å². The van der Waals surface area contributed by atoms with Crippen LogP contribution in [-0.2, 0) is 6.54 Å². The number of nitrogens with zero attached hydrogens (tertiary/aromatic N) is 4. The molecule has 0 bridgehead atoms. The average molecular weight is 345 g/mol. The van der Waals surface area contributed by atoms with Crippen molar-refractivity contribution in [2.75, 3.05) is 5.32 Å². The van der Waals surface area contributed by atoms with E-state index in [1.807, 2.05) is 36.4 Å². The highest BCUT2D eigenvalue weighted by Gasteiger charge is 2.08. The number of hydrogen-bond donors (Lipinski definition) is 1. The molecule has 0 saturated carbocycles. The first-order valence-corrected chi connectivity index (χ1v) is 7.99. The quantitative estimate of drug-likeness (QED) is 0.600. The summed E-state index contributed by atoms with van der Waals surface area (Å²) in [4.78, 5) is 20.3. The third-order valence-electron chi connectivity index (χ3n) is 3.86. The zero-order valence-corrected chi connectivity index (χ0v) is 13.7. The molecule has 7 heteroatoms. The number of oxazole rings is 1. The highest BCUT2D eigenvalue weighted by molar-refractivity contribution is 6.04. The van der Waals surface area contributed by atoms with Crippen molar-refractivity contribution in [1.29, 1.82) is 0 Å². The van der Waals surface area contributed by atoms with Gasteiger partial charge in [0.25, 0.3) is 5.91 Å². The lowest BCUT2D eigenvalue weighted by Crippen LogP contribution is -2.12.